The third-order valence-corrected chi connectivity index (χ3v) is 4.61. The highest BCUT2D eigenvalue weighted by Gasteiger charge is 2.16. The Morgan fingerprint density at radius 2 is 1.59 bits per heavy atom. The standard InChI is InChI=1S/C22H22N2O3/c1-14(16-4-5-18-13-20(27-3)11-8-17(18)12-16)21(25)24-19-9-6-15(7-10-19)22(26)23-2/h4-14H,1-3H3,(H,23,26)(H,24,25)/t14-/m0/s1. The average molecular weight is 362 g/mol. The van der Waals surface area contributed by atoms with Gasteiger partial charge in [0.05, 0.1) is 13.0 Å². The maximum Gasteiger partial charge on any atom is 0.251 e. The number of fused-ring (bicyclic) bond motifs is 1. The predicted octanol–water partition coefficient (Wildman–Crippen LogP) is 3.95. The Kier molecular flexibility index (Phi) is 5.41. The first-order chi connectivity index (χ1) is 13.0. The second kappa shape index (κ2) is 7.91. The molecule has 0 fully saturated rings. The van der Waals surface area contributed by atoms with Crippen LogP contribution in [0.4, 0.5) is 5.69 Å². The Morgan fingerprint density at radius 3 is 2.26 bits per heavy atom. The normalized spacial score (nSPS) is 11.7. The Bertz CT molecular complexity index is 981. The number of benzene rings is 3. The number of rotatable bonds is 5. The molecule has 0 radical (unpaired) electrons. The van der Waals surface area contributed by atoms with Gasteiger partial charge in [-0.3, -0.25) is 9.59 Å². The molecule has 0 spiro atoms. The molecule has 0 heterocycles. The molecule has 0 aliphatic heterocycles. The van der Waals surface area contributed by atoms with E-state index >= 15 is 0 Å². The van der Waals surface area contributed by atoms with E-state index in [0.29, 0.717) is 11.3 Å². The molecule has 138 valence electrons. The smallest absolute Gasteiger partial charge is 0.251 e. The molecule has 0 saturated heterocycles. The van der Waals surface area contributed by atoms with Gasteiger partial charge in [0.15, 0.2) is 0 Å². The van der Waals surface area contributed by atoms with E-state index in [1.807, 2.05) is 43.3 Å². The summed E-state index contributed by atoms with van der Waals surface area (Å²) in [6.07, 6.45) is 0. The van der Waals surface area contributed by atoms with Crippen molar-refractivity contribution in [2.75, 3.05) is 19.5 Å². The highest BCUT2D eigenvalue weighted by molar-refractivity contribution is 5.98. The number of amides is 2. The molecule has 3 rings (SSSR count). The molecule has 0 unspecified atom stereocenters. The van der Waals surface area contributed by atoms with Gasteiger partial charge in [-0.1, -0.05) is 24.3 Å². The van der Waals surface area contributed by atoms with E-state index in [4.69, 9.17) is 4.74 Å². The number of carbonyl (C=O) groups excluding carboxylic acids is 2. The number of ether oxygens (including phenoxy) is 1. The van der Waals surface area contributed by atoms with Crippen LogP contribution in [0, 0.1) is 0 Å². The molecule has 5 heteroatoms. The Hall–Kier alpha value is -3.34. The van der Waals surface area contributed by atoms with Crippen LogP contribution in [0.1, 0.15) is 28.8 Å². The fourth-order valence-corrected chi connectivity index (χ4v) is 2.89. The van der Waals surface area contributed by atoms with Gasteiger partial charge in [-0.25, -0.2) is 0 Å². The zero-order valence-electron chi connectivity index (χ0n) is 15.6. The Labute approximate surface area is 158 Å². The minimum Gasteiger partial charge on any atom is -0.497 e. The number of nitrogens with one attached hydrogen (secondary N) is 2. The van der Waals surface area contributed by atoms with Crippen molar-refractivity contribution in [2.24, 2.45) is 0 Å². The first-order valence-corrected chi connectivity index (χ1v) is 8.72. The minimum absolute atomic E-state index is 0.101. The molecule has 5 nitrogen and oxygen atoms in total. The summed E-state index contributed by atoms with van der Waals surface area (Å²) in [6.45, 7) is 1.87. The lowest BCUT2D eigenvalue weighted by atomic mass is 9.97. The van der Waals surface area contributed by atoms with E-state index in [1.165, 1.54) is 0 Å². The molecule has 1 atom stereocenters. The molecular formula is C22H22N2O3. The van der Waals surface area contributed by atoms with Crippen LogP contribution in [0.25, 0.3) is 10.8 Å². The molecule has 2 amide bonds. The van der Waals surface area contributed by atoms with Crippen LogP contribution in [0.2, 0.25) is 0 Å². The zero-order chi connectivity index (χ0) is 19.4. The van der Waals surface area contributed by atoms with Gasteiger partial charge in [-0.2, -0.15) is 0 Å². The van der Waals surface area contributed by atoms with Crippen LogP contribution in [0.3, 0.4) is 0 Å². The van der Waals surface area contributed by atoms with Crippen molar-refractivity contribution in [3.63, 3.8) is 0 Å². The van der Waals surface area contributed by atoms with Crippen LogP contribution in [-0.4, -0.2) is 26.0 Å². The van der Waals surface area contributed by atoms with Gasteiger partial charge >= 0.3 is 0 Å². The van der Waals surface area contributed by atoms with Crippen LogP contribution in [0.5, 0.6) is 5.75 Å². The Balaban J connectivity index is 1.74. The minimum atomic E-state index is -0.310. The van der Waals surface area contributed by atoms with E-state index in [0.717, 1.165) is 22.1 Å². The van der Waals surface area contributed by atoms with Crippen molar-refractivity contribution in [1.82, 2.24) is 5.32 Å². The number of hydrogen-bond donors (Lipinski definition) is 2. The maximum absolute atomic E-state index is 12.6. The van der Waals surface area contributed by atoms with Crippen LogP contribution < -0.4 is 15.4 Å². The largest absolute Gasteiger partial charge is 0.497 e. The van der Waals surface area contributed by atoms with E-state index < -0.39 is 0 Å². The van der Waals surface area contributed by atoms with Crippen LogP contribution >= 0.6 is 0 Å². The quantitative estimate of drug-likeness (QED) is 0.722. The summed E-state index contributed by atoms with van der Waals surface area (Å²) in [7, 11) is 3.22. The van der Waals surface area contributed by atoms with E-state index in [1.54, 1.807) is 38.4 Å². The van der Waals surface area contributed by atoms with Gasteiger partial charge in [0.25, 0.3) is 5.91 Å². The van der Waals surface area contributed by atoms with Crippen molar-refractivity contribution < 1.29 is 14.3 Å². The molecule has 0 saturated carbocycles. The summed E-state index contributed by atoms with van der Waals surface area (Å²) in [6, 6.07) is 18.7. The zero-order valence-corrected chi connectivity index (χ0v) is 15.6. The van der Waals surface area contributed by atoms with Gasteiger partial charge in [0, 0.05) is 18.3 Å². The van der Waals surface area contributed by atoms with E-state index in [9.17, 15) is 9.59 Å². The van der Waals surface area contributed by atoms with Crippen molar-refractivity contribution >= 4 is 28.3 Å². The fraction of sp³-hybridized carbons (Fsp3) is 0.182. The first-order valence-electron chi connectivity index (χ1n) is 8.72. The number of carbonyl (C=O) groups is 2. The summed E-state index contributed by atoms with van der Waals surface area (Å²) >= 11 is 0. The molecule has 2 N–H and O–H groups in total. The third-order valence-electron chi connectivity index (χ3n) is 4.61. The molecular weight excluding hydrogens is 340 g/mol. The molecule has 0 aliphatic carbocycles. The monoisotopic (exact) mass is 362 g/mol. The second-order valence-corrected chi connectivity index (χ2v) is 6.34. The average Bonchev–Trinajstić information content (AvgIpc) is 2.72. The second-order valence-electron chi connectivity index (χ2n) is 6.34. The lowest BCUT2D eigenvalue weighted by Gasteiger charge is -2.14. The lowest BCUT2D eigenvalue weighted by Crippen LogP contribution is -2.19. The van der Waals surface area contributed by atoms with Crippen LogP contribution in [0.15, 0.2) is 60.7 Å². The summed E-state index contributed by atoms with van der Waals surface area (Å²) in [5, 5.41) is 7.59. The summed E-state index contributed by atoms with van der Waals surface area (Å²) in [4.78, 5) is 24.2. The SMILES string of the molecule is CNC(=O)c1ccc(NC(=O)[C@@H](C)c2ccc3cc(OC)ccc3c2)cc1. The maximum atomic E-state index is 12.6. The molecule has 27 heavy (non-hydrogen) atoms. The van der Waals surface area contributed by atoms with E-state index in [-0.39, 0.29) is 17.7 Å². The van der Waals surface area contributed by atoms with Gasteiger partial charge in [0.1, 0.15) is 5.75 Å². The topological polar surface area (TPSA) is 67.4 Å². The van der Waals surface area contributed by atoms with Crippen molar-refractivity contribution in [3.8, 4) is 5.75 Å². The number of anilines is 1. The fourth-order valence-electron chi connectivity index (χ4n) is 2.89. The molecule has 0 bridgehead atoms. The number of hydrogen-bond acceptors (Lipinski definition) is 3. The van der Waals surface area contributed by atoms with Crippen LogP contribution in [-0.2, 0) is 4.79 Å². The molecule has 3 aromatic carbocycles. The highest BCUT2D eigenvalue weighted by atomic mass is 16.5. The van der Waals surface area contributed by atoms with Gasteiger partial charge in [-0.15, -0.1) is 0 Å². The van der Waals surface area contributed by atoms with Gasteiger partial charge in [-0.05, 0) is 59.7 Å². The summed E-state index contributed by atoms with van der Waals surface area (Å²) in [5.41, 5.74) is 2.14. The highest BCUT2D eigenvalue weighted by Crippen LogP contribution is 2.26. The van der Waals surface area contributed by atoms with Crippen molar-refractivity contribution in [1.29, 1.82) is 0 Å². The summed E-state index contributed by atoms with van der Waals surface area (Å²) < 4.78 is 5.25. The Morgan fingerprint density at radius 1 is 0.926 bits per heavy atom. The van der Waals surface area contributed by atoms with Gasteiger partial charge < -0.3 is 15.4 Å². The van der Waals surface area contributed by atoms with Crippen molar-refractivity contribution in [3.05, 3.63) is 71.8 Å². The van der Waals surface area contributed by atoms with E-state index in [2.05, 4.69) is 10.6 Å². The first kappa shape index (κ1) is 18.5. The molecule has 0 aromatic heterocycles. The predicted molar refractivity (Wildman–Crippen MR) is 107 cm³/mol. The lowest BCUT2D eigenvalue weighted by molar-refractivity contribution is -0.117. The molecule has 0 aliphatic rings. The molecule has 3 aromatic rings. The summed E-state index contributed by atoms with van der Waals surface area (Å²) in [5.74, 6) is 0.237. The third kappa shape index (κ3) is 4.08. The van der Waals surface area contributed by atoms with Gasteiger partial charge in [0.2, 0.25) is 5.91 Å². The van der Waals surface area contributed by atoms with Crippen molar-refractivity contribution in [2.45, 2.75) is 12.8 Å². The number of methoxy groups -OCH3 is 1.